The highest BCUT2D eigenvalue weighted by molar-refractivity contribution is 8.15. The molecular weight excluding hydrogens is 396 g/mol. The molecular formula is C20H17N2O6S-. The number of hydrogen-bond donors (Lipinski definition) is 1. The SMILES string of the molecule is CCOC(=O)c1ccc(N[C@@H]2SC(=O)N(Cc3cccc(C(=O)[O-])c3)C2=O)cc1. The Kier molecular flexibility index (Phi) is 6.18. The van der Waals surface area contributed by atoms with E-state index in [1.807, 2.05) is 0 Å². The second-order valence-electron chi connectivity index (χ2n) is 6.12. The summed E-state index contributed by atoms with van der Waals surface area (Å²) in [6.45, 7) is 1.95. The first-order chi connectivity index (χ1) is 13.9. The van der Waals surface area contributed by atoms with Gasteiger partial charge in [0, 0.05) is 5.69 Å². The molecule has 0 radical (unpaired) electrons. The second kappa shape index (κ2) is 8.78. The molecule has 0 spiro atoms. The summed E-state index contributed by atoms with van der Waals surface area (Å²) in [5, 5.41) is 12.7. The van der Waals surface area contributed by atoms with E-state index in [0.29, 0.717) is 16.8 Å². The van der Waals surface area contributed by atoms with E-state index < -0.39 is 28.5 Å². The molecule has 3 rings (SSSR count). The van der Waals surface area contributed by atoms with Gasteiger partial charge in [-0.25, -0.2) is 4.79 Å². The molecule has 0 unspecified atom stereocenters. The lowest BCUT2D eigenvalue weighted by atomic mass is 10.1. The number of thioether (sulfide) groups is 1. The van der Waals surface area contributed by atoms with Crippen LogP contribution in [0.25, 0.3) is 0 Å². The Morgan fingerprint density at radius 1 is 1.14 bits per heavy atom. The Hall–Kier alpha value is -3.33. The highest BCUT2D eigenvalue weighted by Gasteiger charge is 2.39. The van der Waals surface area contributed by atoms with Crippen molar-refractivity contribution in [2.75, 3.05) is 11.9 Å². The zero-order valence-corrected chi connectivity index (χ0v) is 16.2. The molecule has 2 amide bonds. The molecule has 1 aliphatic rings. The molecule has 1 N–H and O–H groups in total. The van der Waals surface area contributed by atoms with Crippen LogP contribution in [0.1, 0.15) is 33.2 Å². The molecule has 9 heteroatoms. The number of ether oxygens (including phenoxy) is 1. The number of carboxylic acids is 1. The quantitative estimate of drug-likeness (QED) is 0.684. The van der Waals surface area contributed by atoms with Crippen molar-refractivity contribution >= 4 is 40.5 Å². The molecule has 1 heterocycles. The van der Waals surface area contributed by atoms with Gasteiger partial charge in [-0.2, -0.15) is 0 Å². The van der Waals surface area contributed by atoms with E-state index in [1.54, 1.807) is 37.3 Å². The fourth-order valence-corrected chi connectivity index (χ4v) is 3.63. The Morgan fingerprint density at radius 3 is 2.52 bits per heavy atom. The maximum atomic E-state index is 12.6. The molecule has 0 aliphatic carbocycles. The normalized spacial score (nSPS) is 16.0. The van der Waals surface area contributed by atoms with Crippen LogP contribution in [0.3, 0.4) is 0 Å². The zero-order valence-electron chi connectivity index (χ0n) is 15.4. The van der Waals surface area contributed by atoms with Gasteiger partial charge in [-0.15, -0.1) is 0 Å². The lowest BCUT2D eigenvalue weighted by Crippen LogP contribution is -2.34. The molecule has 2 aromatic rings. The molecule has 2 aromatic carbocycles. The van der Waals surface area contributed by atoms with Crippen LogP contribution < -0.4 is 10.4 Å². The molecule has 1 atom stereocenters. The monoisotopic (exact) mass is 413 g/mol. The van der Waals surface area contributed by atoms with Gasteiger partial charge in [-0.1, -0.05) is 18.2 Å². The summed E-state index contributed by atoms with van der Waals surface area (Å²) in [5.74, 6) is -2.20. The van der Waals surface area contributed by atoms with Crippen LogP contribution in [0, 0.1) is 0 Å². The van der Waals surface area contributed by atoms with Crippen molar-refractivity contribution in [2.24, 2.45) is 0 Å². The minimum Gasteiger partial charge on any atom is -0.545 e. The highest BCUT2D eigenvalue weighted by atomic mass is 32.2. The number of carbonyl (C=O) groups is 4. The lowest BCUT2D eigenvalue weighted by molar-refractivity contribution is -0.255. The number of amides is 2. The summed E-state index contributed by atoms with van der Waals surface area (Å²) in [5.41, 5.74) is 1.44. The number of hydrogen-bond acceptors (Lipinski definition) is 8. The number of imide groups is 1. The smallest absolute Gasteiger partial charge is 0.338 e. The molecule has 1 aliphatic heterocycles. The maximum Gasteiger partial charge on any atom is 0.338 e. The van der Waals surface area contributed by atoms with E-state index >= 15 is 0 Å². The predicted octanol–water partition coefficient (Wildman–Crippen LogP) is 1.86. The molecule has 0 aromatic heterocycles. The molecule has 150 valence electrons. The van der Waals surface area contributed by atoms with Crippen LogP contribution in [-0.2, 0) is 16.1 Å². The predicted molar refractivity (Wildman–Crippen MR) is 104 cm³/mol. The lowest BCUT2D eigenvalue weighted by Gasteiger charge is -2.16. The number of carbonyl (C=O) groups excluding carboxylic acids is 4. The van der Waals surface area contributed by atoms with Crippen LogP contribution in [0.5, 0.6) is 0 Å². The number of carboxylic acid groups (broad SMARTS) is 1. The number of esters is 1. The molecule has 0 bridgehead atoms. The summed E-state index contributed by atoms with van der Waals surface area (Å²) < 4.78 is 4.92. The Bertz CT molecular complexity index is 960. The summed E-state index contributed by atoms with van der Waals surface area (Å²) in [6.07, 6.45) is 0. The number of nitrogens with one attached hydrogen (secondary N) is 1. The number of nitrogens with zero attached hydrogens (tertiary/aromatic N) is 1. The highest BCUT2D eigenvalue weighted by Crippen LogP contribution is 2.29. The van der Waals surface area contributed by atoms with Crippen LogP contribution in [-0.4, -0.2) is 40.0 Å². The van der Waals surface area contributed by atoms with Crippen LogP contribution in [0.2, 0.25) is 0 Å². The standard InChI is InChI=1S/C20H18N2O6S/c1-2-28-19(26)13-6-8-15(9-7-13)21-16-17(23)22(20(27)29-16)11-12-4-3-5-14(10-12)18(24)25/h3-10,16,21H,2,11H2,1H3,(H,24,25)/p-1/t16-/m1/s1. The molecule has 0 saturated carbocycles. The van der Waals surface area contributed by atoms with Crippen molar-refractivity contribution in [2.45, 2.75) is 18.8 Å². The van der Waals surface area contributed by atoms with Crippen molar-refractivity contribution in [3.8, 4) is 0 Å². The van der Waals surface area contributed by atoms with Gasteiger partial charge in [0.25, 0.3) is 11.1 Å². The van der Waals surface area contributed by atoms with Crippen molar-refractivity contribution in [3.05, 3.63) is 65.2 Å². The first-order valence-corrected chi connectivity index (χ1v) is 9.63. The molecule has 29 heavy (non-hydrogen) atoms. The van der Waals surface area contributed by atoms with Crippen molar-refractivity contribution in [1.82, 2.24) is 4.90 Å². The number of anilines is 1. The summed E-state index contributed by atoms with van der Waals surface area (Å²) >= 11 is 0.831. The van der Waals surface area contributed by atoms with Gasteiger partial charge in [0.1, 0.15) is 0 Å². The van der Waals surface area contributed by atoms with Gasteiger partial charge in [-0.3, -0.25) is 14.5 Å². The topological polar surface area (TPSA) is 116 Å². The molecule has 1 saturated heterocycles. The Balaban J connectivity index is 1.66. The van der Waals surface area contributed by atoms with E-state index in [0.717, 1.165) is 16.7 Å². The average molecular weight is 413 g/mol. The third kappa shape index (κ3) is 4.75. The van der Waals surface area contributed by atoms with Crippen molar-refractivity contribution < 1.29 is 29.0 Å². The van der Waals surface area contributed by atoms with Gasteiger partial charge in [-0.05, 0) is 60.1 Å². The maximum absolute atomic E-state index is 12.6. The Morgan fingerprint density at radius 2 is 1.86 bits per heavy atom. The van der Waals surface area contributed by atoms with Gasteiger partial charge >= 0.3 is 5.97 Å². The largest absolute Gasteiger partial charge is 0.545 e. The van der Waals surface area contributed by atoms with Gasteiger partial charge < -0.3 is 20.0 Å². The van der Waals surface area contributed by atoms with Crippen molar-refractivity contribution in [3.63, 3.8) is 0 Å². The molecule has 1 fully saturated rings. The fourth-order valence-electron chi connectivity index (χ4n) is 2.73. The molecule has 8 nitrogen and oxygen atoms in total. The third-order valence-corrected chi connectivity index (χ3v) is 5.10. The summed E-state index contributed by atoms with van der Waals surface area (Å²) in [7, 11) is 0. The Labute approximate surface area is 170 Å². The first kappa shape index (κ1) is 20.4. The summed E-state index contributed by atoms with van der Waals surface area (Å²) in [4.78, 5) is 48.6. The minimum atomic E-state index is -1.33. The number of rotatable bonds is 7. The summed E-state index contributed by atoms with van der Waals surface area (Å²) in [6, 6.07) is 12.3. The van der Waals surface area contributed by atoms with Gasteiger partial charge in [0.05, 0.1) is 24.7 Å². The second-order valence-corrected chi connectivity index (χ2v) is 7.17. The average Bonchev–Trinajstić information content (AvgIpc) is 2.96. The van der Waals surface area contributed by atoms with E-state index in [-0.39, 0.29) is 18.7 Å². The zero-order chi connectivity index (χ0) is 21.0. The van der Waals surface area contributed by atoms with Crippen molar-refractivity contribution in [1.29, 1.82) is 0 Å². The minimum absolute atomic E-state index is 0.0226. The van der Waals surface area contributed by atoms with E-state index in [9.17, 15) is 24.3 Å². The fraction of sp³-hybridized carbons (Fsp3) is 0.200. The van der Waals surface area contributed by atoms with E-state index in [4.69, 9.17) is 4.74 Å². The van der Waals surface area contributed by atoms with Crippen LogP contribution in [0.15, 0.2) is 48.5 Å². The van der Waals surface area contributed by atoms with Crippen LogP contribution in [0.4, 0.5) is 10.5 Å². The van der Waals surface area contributed by atoms with E-state index in [2.05, 4.69) is 5.32 Å². The van der Waals surface area contributed by atoms with Crippen LogP contribution >= 0.6 is 11.8 Å². The number of benzene rings is 2. The third-order valence-electron chi connectivity index (χ3n) is 4.13. The van der Waals surface area contributed by atoms with Gasteiger partial charge in [0.15, 0.2) is 5.37 Å². The number of aromatic carboxylic acids is 1. The van der Waals surface area contributed by atoms with Gasteiger partial charge in [0.2, 0.25) is 0 Å². The first-order valence-electron chi connectivity index (χ1n) is 8.75. The van der Waals surface area contributed by atoms with E-state index in [1.165, 1.54) is 18.2 Å².